The molecule has 0 aliphatic carbocycles. The van der Waals surface area contributed by atoms with E-state index in [9.17, 15) is 9.18 Å². The van der Waals surface area contributed by atoms with Crippen LogP contribution in [0.1, 0.15) is 17.3 Å². The molecule has 0 saturated heterocycles. The highest BCUT2D eigenvalue weighted by Gasteiger charge is 2.16. The van der Waals surface area contributed by atoms with Crippen molar-refractivity contribution < 1.29 is 18.7 Å². The molecule has 21 heavy (non-hydrogen) atoms. The molecule has 0 unspecified atom stereocenters. The van der Waals surface area contributed by atoms with Crippen LogP contribution in [0.2, 0.25) is 0 Å². The Morgan fingerprint density at radius 2 is 2.19 bits per heavy atom. The number of hydrogen-bond acceptors (Lipinski definition) is 5. The number of hydrogen-bond donors (Lipinski definition) is 1. The van der Waals surface area contributed by atoms with Gasteiger partial charge in [0.1, 0.15) is 17.3 Å². The van der Waals surface area contributed by atoms with Gasteiger partial charge < -0.3 is 15.2 Å². The largest absolute Gasteiger partial charge is 0.462 e. The van der Waals surface area contributed by atoms with E-state index in [1.807, 2.05) is 0 Å². The Hall–Kier alpha value is -2.15. The van der Waals surface area contributed by atoms with Gasteiger partial charge in [-0.15, -0.1) is 0 Å². The summed E-state index contributed by atoms with van der Waals surface area (Å²) in [6.07, 6.45) is 1.37. The number of benzene rings is 1. The number of aromatic nitrogens is 1. The standard InChI is InChI=1S/C14H12BrFN2O3/c1-2-20-14(19)9-5-6-18-13(12(9)17)21-8-3-4-10(15)11(16)7-8/h3-7H,2,17H2,1H3. The molecule has 0 aliphatic heterocycles. The third kappa shape index (κ3) is 3.49. The second-order valence-electron chi connectivity index (χ2n) is 3.98. The number of ether oxygens (including phenoxy) is 2. The third-order valence-corrected chi connectivity index (χ3v) is 3.20. The molecule has 2 aromatic rings. The fourth-order valence-corrected chi connectivity index (χ4v) is 1.82. The molecule has 1 heterocycles. The number of nitrogen functional groups attached to an aromatic ring is 1. The monoisotopic (exact) mass is 354 g/mol. The Bertz CT molecular complexity index is 679. The lowest BCUT2D eigenvalue weighted by Gasteiger charge is -2.10. The Morgan fingerprint density at radius 1 is 1.43 bits per heavy atom. The summed E-state index contributed by atoms with van der Waals surface area (Å²) >= 11 is 3.05. The Kier molecular flexibility index (Phi) is 4.74. The summed E-state index contributed by atoms with van der Waals surface area (Å²) < 4.78 is 24.0. The van der Waals surface area contributed by atoms with Gasteiger partial charge >= 0.3 is 5.97 Å². The van der Waals surface area contributed by atoms with E-state index in [4.69, 9.17) is 15.2 Å². The van der Waals surface area contributed by atoms with Gasteiger partial charge in [0, 0.05) is 12.3 Å². The highest BCUT2D eigenvalue weighted by atomic mass is 79.9. The van der Waals surface area contributed by atoms with E-state index < -0.39 is 11.8 Å². The molecular weight excluding hydrogens is 343 g/mol. The predicted octanol–water partition coefficient (Wildman–Crippen LogP) is 3.53. The van der Waals surface area contributed by atoms with Gasteiger partial charge in [-0.2, -0.15) is 0 Å². The van der Waals surface area contributed by atoms with Crippen LogP contribution in [-0.2, 0) is 4.74 Å². The molecule has 2 rings (SSSR count). The number of anilines is 1. The van der Waals surface area contributed by atoms with E-state index in [0.717, 1.165) is 0 Å². The van der Waals surface area contributed by atoms with E-state index >= 15 is 0 Å². The Balaban J connectivity index is 2.30. The first-order valence-corrected chi connectivity index (χ1v) is 6.86. The molecule has 1 aromatic carbocycles. The Labute approximate surface area is 129 Å². The maximum atomic E-state index is 13.4. The van der Waals surface area contributed by atoms with Crippen molar-refractivity contribution in [2.75, 3.05) is 12.3 Å². The normalized spacial score (nSPS) is 10.2. The summed E-state index contributed by atoms with van der Waals surface area (Å²) in [4.78, 5) is 15.7. The van der Waals surface area contributed by atoms with Crippen molar-refractivity contribution in [3.8, 4) is 11.6 Å². The van der Waals surface area contributed by atoms with Crippen LogP contribution in [0.25, 0.3) is 0 Å². The molecule has 0 fully saturated rings. The molecule has 0 atom stereocenters. The van der Waals surface area contributed by atoms with Gasteiger partial charge in [0.2, 0.25) is 5.88 Å². The summed E-state index contributed by atoms with van der Waals surface area (Å²) in [5.74, 6) is -0.810. The maximum Gasteiger partial charge on any atom is 0.340 e. The molecule has 0 radical (unpaired) electrons. The number of pyridine rings is 1. The highest BCUT2D eigenvalue weighted by Crippen LogP contribution is 2.29. The van der Waals surface area contributed by atoms with Crippen molar-refractivity contribution in [2.45, 2.75) is 6.92 Å². The summed E-state index contributed by atoms with van der Waals surface area (Å²) in [5, 5.41) is 0. The molecule has 2 N–H and O–H groups in total. The smallest absolute Gasteiger partial charge is 0.340 e. The molecule has 0 bridgehead atoms. The van der Waals surface area contributed by atoms with Gasteiger partial charge in [-0.25, -0.2) is 14.2 Å². The van der Waals surface area contributed by atoms with Crippen molar-refractivity contribution in [1.82, 2.24) is 4.98 Å². The van der Waals surface area contributed by atoms with Gasteiger partial charge in [-0.3, -0.25) is 0 Å². The minimum absolute atomic E-state index is 0.0160. The van der Waals surface area contributed by atoms with E-state index in [0.29, 0.717) is 4.47 Å². The van der Waals surface area contributed by atoms with Crippen LogP contribution in [-0.4, -0.2) is 17.6 Å². The van der Waals surface area contributed by atoms with E-state index in [1.165, 1.54) is 24.4 Å². The topological polar surface area (TPSA) is 74.4 Å². The summed E-state index contributed by atoms with van der Waals surface area (Å²) in [6, 6.07) is 5.66. The quantitative estimate of drug-likeness (QED) is 0.850. The third-order valence-electron chi connectivity index (χ3n) is 2.55. The number of carbonyl (C=O) groups excluding carboxylic acids is 1. The Morgan fingerprint density at radius 3 is 2.86 bits per heavy atom. The summed E-state index contributed by atoms with van der Waals surface area (Å²) in [5.41, 5.74) is 6.03. The average Bonchev–Trinajstić information content (AvgIpc) is 2.45. The predicted molar refractivity (Wildman–Crippen MR) is 78.8 cm³/mol. The van der Waals surface area contributed by atoms with Crippen LogP contribution in [0, 0.1) is 5.82 Å². The van der Waals surface area contributed by atoms with Crippen LogP contribution < -0.4 is 10.5 Å². The number of nitrogens with zero attached hydrogens (tertiary/aromatic N) is 1. The lowest BCUT2D eigenvalue weighted by molar-refractivity contribution is 0.0527. The first-order chi connectivity index (χ1) is 10.0. The van der Waals surface area contributed by atoms with Crippen molar-refractivity contribution in [2.24, 2.45) is 0 Å². The zero-order chi connectivity index (χ0) is 15.4. The zero-order valence-corrected chi connectivity index (χ0v) is 12.7. The van der Waals surface area contributed by atoms with Crippen LogP contribution in [0.5, 0.6) is 11.6 Å². The minimum atomic E-state index is -0.566. The number of halogens is 2. The molecule has 1 aromatic heterocycles. The fourth-order valence-electron chi connectivity index (χ4n) is 1.57. The van der Waals surface area contributed by atoms with E-state index in [-0.39, 0.29) is 29.5 Å². The SMILES string of the molecule is CCOC(=O)c1ccnc(Oc2ccc(Br)c(F)c2)c1N. The highest BCUT2D eigenvalue weighted by molar-refractivity contribution is 9.10. The second-order valence-corrected chi connectivity index (χ2v) is 4.83. The maximum absolute atomic E-state index is 13.4. The van der Waals surface area contributed by atoms with E-state index in [1.54, 1.807) is 13.0 Å². The van der Waals surface area contributed by atoms with Gasteiger partial charge in [0.05, 0.1) is 16.6 Å². The number of rotatable bonds is 4. The van der Waals surface area contributed by atoms with Crippen molar-refractivity contribution in [3.05, 3.63) is 46.3 Å². The first-order valence-electron chi connectivity index (χ1n) is 6.07. The van der Waals surface area contributed by atoms with Crippen molar-refractivity contribution >= 4 is 27.6 Å². The summed E-state index contributed by atoms with van der Waals surface area (Å²) in [7, 11) is 0. The zero-order valence-electron chi connectivity index (χ0n) is 11.1. The van der Waals surface area contributed by atoms with Crippen LogP contribution in [0.4, 0.5) is 10.1 Å². The van der Waals surface area contributed by atoms with Crippen molar-refractivity contribution in [1.29, 1.82) is 0 Å². The molecule has 110 valence electrons. The van der Waals surface area contributed by atoms with Crippen LogP contribution in [0.3, 0.4) is 0 Å². The lowest BCUT2D eigenvalue weighted by atomic mass is 10.2. The van der Waals surface area contributed by atoms with E-state index in [2.05, 4.69) is 20.9 Å². The first kappa shape index (κ1) is 15.2. The molecule has 0 amide bonds. The molecular formula is C14H12BrFN2O3. The van der Waals surface area contributed by atoms with Gasteiger partial charge in [-0.1, -0.05) is 0 Å². The van der Waals surface area contributed by atoms with Gasteiger partial charge in [-0.05, 0) is 41.1 Å². The van der Waals surface area contributed by atoms with Crippen LogP contribution in [0.15, 0.2) is 34.9 Å². The molecule has 0 aliphatic rings. The number of esters is 1. The van der Waals surface area contributed by atoms with Crippen LogP contribution >= 0.6 is 15.9 Å². The molecule has 7 heteroatoms. The molecule has 5 nitrogen and oxygen atoms in total. The van der Waals surface area contributed by atoms with Gasteiger partial charge in [0.15, 0.2) is 0 Å². The number of carbonyl (C=O) groups is 1. The number of nitrogens with two attached hydrogens (primary N) is 1. The summed E-state index contributed by atoms with van der Waals surface area (Å²) in [6.45, 7) is 1.92. The second kappa shape index (κ2) is 6.53. The van der Waals surface area contributed by atoms with Crippen molar-refractivity contribution in [3.63, 3.8) is 0 Å². The fraction of sp³-hybridized carbons (Fsp3) is 0.143. The molecule has 0 spiro atoms. The van der Waals surface area contributed by atoms with Gasteiger partial charge in [0.25, 0.3) is 0 Å². The minimum Gasteiger partial charge on any atom is -0.462 e. The lowest BCUT2D eigenvalue weighted by Crippen LogP contribution is -2.09. The molecule has 0 saturated carbocycles. The average molecular weight is 355 g/mol.